The molecule has 4 nitrogen and oxygen atoms in total. The van der Waals surface area contributed by atoms with Crippen LogP contribution in [-0.2, 0) is 17.8 Å². The van der Waals surface area contributed by atoms with Gasteiger partial charge >= 0.3 is 0 Å². The van der Waals surface area contributed by atoms with Gasteiger partial charge in [-0.05, 0) is 44.0 Å². The van der Waals surface area contributed by atoms with Crippen LogP contribution in [0.1, 0.15) is 24.0 Å². The van der Waals surface area contributed by atoms with Crippen LogP contribution in [0.5, 0.6) is 0 Å². The Balaban J connectivity index is 0.00000121. The molecule has 0 bridgehead atoms. The Morgan fingerprint density at radius 3 is 2.73 bits per heavy atom. The molecule has 2 aliphatic heterocycles. The van der Waals surface area contributed by atoms with E-state index in [0.717, 1.165) is 26.1 Å². The van der Waals surface area contributed by atoms with Crippen molar-refractivity contribution in [3.05, 3.63) is 35.4 Å². The van der Waals surface area contributed by atoms with Gasteiger partial charge < -0.3 is 15.5 Å². The van der Waals surface area contributed by atoms with Gasteiger partial charge in [0, 0.05) is 19.1 Å². The number of fused-ring (bicyclic) bond motifs is 1. The lowest BCUT2D eigenvalue weighted by atomic mass is 9.95. The number of nitrogens with one attached hydrogen (secondary N) is 2. The van der Waals surface area contributed by atoms with E-state index in [-0.39, 0.29) is 36.8 Å². The molecule has 2 N–H and O–H groups in total. The molecule has 1 amide bonds. The van der Waals surface area contributed by atoms with Crippen LogP contribution in [0.2, 0.25) is 0 Å². The van der Waals surface area contributed by atoms with Gasteiger partial charge in [-0.3, -0.25) is 4.79 Å². The van der Waals surface area contributed by atoms with Crippen molar-refractivity contribution in [3.8, 4) is 0 Å². The maximum atomic E-state index is 12.3. The minimum absolute atomic E-state index is 0. The Morgan fingerprint density at radius 2 is 2.05 bits per heavy atom. The molecular weight excluding hydrogens is 321 g/mol. The zero-order chi connectivity index (χ0) is 13.9. The van der Waals surface area contributed by atoms with Gasteiger partial charge in [0.25, 0.3) is 0 Å². The van der Waals surface area contributed by atoms with E-state index in [4.69, 9.17) is 0 Å². The van der Waals surface area contributed by atoms with Crippen molar-refractivity contribution in [2.75, 3.05) is 20.1 Å². The van der Waals surface area contributed by atoms with E-state index < -0.39 is 0 Å². The minimum Gasteiger partial charge on any atom is -0.353 e. The van der Waals surface area contributed by atoms with Crippen molar-refractivity contribution < 1.29 is 4.79 Å². The molecule has 1 aromatic carbocycles. The summed E-state index contributed by atoms with van der Waals surface area (Å²) < 4.78 is 0. The third kappa shape index (κ3) is 4.35. The van der Waals surface area contributed by atoms with Crippen LogP contribution < -0.4 is 10.6 Å². The average molecular weight is 346 g/mol. The van der Waals surface area contributed by atoms with E-state index in [9.17, 15) is 4.79 Å². The summed E-state index contributed by atoms with van der Waals surface area (Å²) in [7, 11) is 2.14. The van der Waals surface area contributed by atoms with Crippen molar-refractivity contribution in [1.82, 2.24) is 15.5 Å². The van der Waals surface area contributed by atoms with Gasteiger partial charge in [-0.2, -0.15) is 0 Å². The molecule has 22 heavy (non-hydrogen) atoms. The third-order valence-corrected chi connectivity index (χ3v) is 4.58. The third-order valence-electron chi connectivity index (χ3n) is 4.58. The number of rotatable bonds is 3. The number of likely N-dealkylation sites (N-methyl/N-ethyl adjacent to an activating group) is 1. The molecule has 1 fully saturated rings. The summed E-state index contributed by atoms with van der Waals surface area (Å²) in [6.45, 7) is 2.71. The van der Waals surface area contributed by atoms with Crippen molar-refractivity contribution in [1.29, 1.82) is 0 Å². The number of hydrogen-bond donors (Lipinski definition) is 2. The van der Waals surface area contributed by atoms with E-state index in [1.165, 1.54) is 24.0 Å². The van der Waals surface area contributed by atoms with Crippen LogP contribution in [0.4, 0.5) is 0 Å². The first-order chi connectivity index (χ1) is 9.74. The number of likely N-dealkylation sites (tertiary alicyclic amines) is 1. The SMILES string of the molecule is CN1CCCC1CNC(=O)C1Cc2ccccc2CN1.Cl.Cl. The second-order valence-electron chi connectivity index (χ2n) is 5.93. The molecular formula is C16H25Cl2N3O. The molecule has 124 valence electrons. The van der Waals surface area contributed by atoms with E-state index >= 15 is 0 Å². The first kappa shape index (κ1) is 19.2. The smallest absolute Gasteiger partial charge is 0.237 e. The largest absolute Gasteiger partial charge is 0.353 e. The number of benzene rings is 1. The minimum atomic E-state index is -0.0865. The highest BCUT2D eigenvalue weighted by atomic mass is 35.5. The predicted octanol–water partition coefficient (Wildman–Crippen LogP) is 1.75. The summed E-state index contributed by atoms with van der Waals surface area (Å²) in [5, 5.41) is 6.45. The van der Waals surface area contributed by atoms with Crippen LogP contribution in [0.15, 0.2) is 24.3 Å². The van der Waals surface area contributed by atoms with Gasteiger partial charge in [0.1, 0.15) is 0 Å². The fraction of sp³-hybridized carbons (Fsp3) is 0.562. The molecule has 2 heterocycles. The average Bonchev–Trinajstić information content (AvgIpc) is 2.89. The zero-order valence-corrected chi connectivity index (χ0v) is 14.5. The van der Waals surface area contributed by atoms with Gasteiger partial charge in [-0.25, -0.2) is 0 Å². The summed E-state index contributed by atoms with van der Waals surface area (Å²) in [5.74, 6) is 0.139. The molecule has 0 aromatic heterocycles. The van der Waals surface area contributed by atoms with Crippen molar-refractivity contribution in [3.63, 3.8) is 0 Å². The molecule has 1 aromatic rings. The Kier molecular flexibility index (Phi) is 7.63. The lowest BCUT2D eigenvalue weighted by Gasteiger charge is -2.26. The summed E-state index contributed by atoms with van der Waals surface area (Å²) >= 11 is 0. The highest BCUT2D eigenvalue weighted by Crippen LogP contribution is 2.17. The molecule has 0 spiro atoms. The molecule has 0 aliphatic carbocycles. The van der Waals surface area contributed by atoms with Crippen LogP contribution in [0.25, 0.3) is 0 Å². The molecule has 2 aliphatic rings. The monoisotopic (exact) mass is 345 g/mol. The molecule has 3 rings (SSSR count). The van der Waals surface area contributed by atoms with Gasteiger partial charge in [-0.1, -0.05) is 24.3 Å². The molecule has 6 heteroatoms. The number of amides is 1. The maximum absolute atomic E-state index is 12.3. The van der Waals surface area contributed by atoms with Gasteiger partial charge in [0.2, 0.25) is 5.91 Å². The van der Waals surface area contributed by atoms with Crippen molar-refractivity contribution >= 4 is 30.7 Å². The van der Waals surface area contributed by atoms with Crippen molar-refractivity contribution in [2.24, 2.45) is 0 Å². The predicted molar refractivity (Wildman–Crippen MR) is 93.9 cm³/mol. The maximum Gasteiger partial charge on any atom is 0.237 e. The number of hydrogen-bond acceptors (Lipinski definition) is 3. The molecule has 1 saturated heterocycles. The zero-order valence-electron chi connectivity index (χ0n) is 12.9. The van der Waals surface area contributed by atoms with E-state index in [2.05, 4.69) is 40.8 Å². The van der Waals surface area contributed by atoms with Crippen LogP contribution in [0, 0.1) is 0 Å². The standard InChI is InChI=1S/C16H23N3O.2ClH/c1-19-8-4-7-14(19)11-18-16(20)15-9-12-5-2-3-6-13(12)10-17-15;;/h2-3,5-6,14-15,17H,4,7-11H2,1H3,(H,18,20);2*1H. The van der Waals surface area contributed by atoms with Crippen LogP contribution in [0.3, 0.4) is 0 Å². The van der Waals surface area contributed by atoms with E-state index in [1.54, 1.807) is 0 Å². The van der Waals surface area contributed by atoms with Crippen LogP contribution in [-0.4, -0.2) is 43.0 Å². The number of carbonyl (C=O) groups is 1. The quantitative estimate of drug-likeness (QED) is 0.877. The highest BCUT2D eigenvalue weighted by molar-refractivity contribution is 5.85. The molecule has 2 atom stereocenters. The summed E-state index contributed by atoms with van der Waals surface area (Å²) in [5.41, 5.74) is 2.61. The molecule has 2 unspecified atom stereocenters. The van der Waals surface area contributed by atoms with Crippen LogP contribution >= 0.6 is 24.8 Å². The molecule has 0 saturated carbocycles. The van der Waals surface area contributed by atoms with Gasteiger partial charge in [-0.15, -0.1) is 24.8 Å². The molecule has 0 radical (unpaired) electrons. The topological polar surface area (TPSA) is 44.4 Å². The van der Waals surface area contributed by atoms with E-state index in [1.807, 2.05) is 6.07 Å². The lowest BCUT2D eigenvalue weighted by Crippen LogP contribution is -2.50. The number of halogens is 2. The normalized spacial score (nSPS) is 23.9. The Labute approximate surface area is 144 Å². The van der Waals surface area contributed by atoms with E-state index in [0.29, 0.717) is 6.04 Å². The first-order valence-corrected chi connectivity index (χ1v) is 7.52. The fourth-order valence-corrected chi connectivity index (χ4v) is 3.22. The number of nitrogens with zero attached hydrogens (tertiary/aromatic N) is 1. The second kappa shape index (κ2) is 8.73. The van der Waals surface area contributed by atoms with Gasteiger partial charge in [0.05, 0.1) is 6.04 Å². The fourth-order valence-electron chi connectivity index (χ4n) is 3.22. The highest BCUT2D eigenvalue weighted by Gasteiger charge is 2.26. The van der Waals surface area contributed by atoms with Crippen molar-refractivity contribution in [2.45, 2.75) is 37.9 Å². The lowest BCUT2D eigenvalue weighted by molar-refractivity contribution is -0.123. The second-order valence-corrected chi connectivity index (χ2v) is 5.93. The Morgan fingerprint density at radius 1 is 1.32 bits per heavy atom. The summed E-state index contributed by atoms with van der Waals surface area (Å²) in [6, 6.07) is 8.78. The Hall–Kier alpha value is -0.810. The summed E-state index contributed by atoms with van der Waals surface area (Å²) in [4.78, 5) is 14.6. The first-order valence-electron chi connectivity index (χ1n) is 7.52. The Bertz CT molecular complexity index is 498. The number of carbonyl (C=O) groups excluding carboxylic acids is 1. The summed E-state index contributed by atoms with van der Waals surface area (Å²) in [6.07, 6.45) is 3.23. The van der Waals surface area contributed by atoms with Gasteiger partial charge in [0.15, 0.2) is 0 Å².